The number of ether oxygens (including phenoxy) is 1. The Balaban J connectivity index is 1.14. The van der Waals surface area contributed by atoms with Crippen LogP contribution in [-0.4, -0.2) is 5.97 Å². The van der Waals surface area contributed by atoms with Gasteiger partial charge in [-0.2, -0.15) is 0 Å². The molecule has 0 radical (unpaired) electrons. The van der Waals surface area contributed by atoms with E-state index in [4.69, 9.17) is 10.5 Å². The Hall–Kier alpha value is -1.77. The quantitative estimate of drug-likeness (QED) is 0.228. The van der Waals surface area contributed by atoms with Gasteiger partial charge in [0.1, 0.15) is 0 Å². The van der Waals surface area contributed by atoms with Crippen LogP contribution in [-0.2, 0) is 4.74 Å². The molecule has 4 fully saturated rings. The van der Waals surface area contributed by atoms with Gasteiger partial charge in [-0.1, -0.05) is 52.2 Å². The molecule has 5 rings (SSSR count). The zero-order chi connectivity index (χ0) is 26.2. The Bertz CT molecular complexity index is 999. The summed E-state index contributed by atoms with van der Waals surface area (Å²) in [5.74, 6) is 5.25. The zero-order valence-corrected chi connectivity index (χ0v) is 23.9. The number of nitrogen functional groups attached to an aromatic ring is 1. The Morgan fingerprint density at radius 1 is 1.03 bits per heavy atom. The molecule has 204 valence electrons. The van der Waals surface area contributed by atoms with Gasteiger partial charge in [-0.3, -0.25) is 0 Å². The summed E-state index contributed by atoms with van der Waals surface area (Å²) in [4.78, 5) is 12.3. The maximum atomic E-state index is 12.3. The van der Waals surface area contributed by atoms with E-state index in [1.807, 2.05) is 12.1 Å². The minimum atomic E-state index is -0.373. The lowest BCUT2D eigenvalue weighted by Gasteiger charge is -2.61. The van der Waals surface area contributed by atoms with Crippen LogP contribution in [0.4, 0.5) is 5.69 Å². The highest BCUT2D eigenvalue weighted by atomic mass is 16.5. The molecular formula is C34H51NO2. The van der Waals surface area contributed by atoms with E-state index in [0.29, 0.717) is 22.1 Å². The second kappa shape index (κ2) is 10.8. The molecule has 0 aromatic heterocycles. The van der Waals surface area contributed by atoms with Crippen LogP contribution < -0.4 is 5.73 Å². The van der Waals surface area contributed by atoms with Crippen LogP contribution in [0.25, 0.3) is 0 Å². The predicted octanol–water partition coefficient (Wildman–Crippen LogP) is 9.18. The van der Waals surface area contributed by atoms with E-state index in [2.05, 4.69) is 27.7 Å². The standard InChI is InChI=1S/C34H51NO2/c1-23(22-37-32(36)27-13-5-6-14-31(27)35)10-9-11-24(2)28-17-18-29-26-16-15-25-12-7-8-20-33(25,3)30(26)19-21-34(28,29)4/h5-6,13-14,22,24-26,28-30H,7-12,15-21,35H2,1-4H3/t24-,25?,26+,28-,29+,30+,33+,34-/m1/s1. The summed E-state index contributed by atoms with van der Waals surface area (Å²) in [6, 6.07) is 7.09. The van der Waals surface area contributed by atoms with Crippen molar-refractivity contribution in [1.82, 2.24) is 0 Å². The molecule has 2 N–H and O–H groups in total. The van der Waals surface area contributed by atoms with Crippen molar-refractivity contribution in [2.24, 2.45) is 46.3 Å². The lowest BCUT2D eigenvalue weighted by Crippen LogP contribution is -2.53. The predicted molar refractivity (Wildman–Crippen MR) is 153 cm³/mol. The smallest absolute Gasteiger partial charge is 0.345 e. The van der Waals surface area contributed by atoms with E-state index >= 15 is 0 Å². The molecule has 0 spiro atoms. The molecule has 8 atom stereocenters. The van der Waals surface area contributed by atoms with Crippen molar-refractivity contribution in [3.63, 3.8) is 0 Å². The first kappa shape index (κ1) is 26.8. The van der Waals surface area contributed by atoms with Crippen LogP contribution in [0, 0.1) is 46.3 Å². The van der Waals surface area contributed by atoms with Crippen molar-refractivity contribution < 1.29 is 9.53 Å². The number of carbonyl (C=O) groups excluding carboxylic acids is 1. The molecule has 1 aromatic rings. The number of benzene rings is 1. The minimum Gasteiger partial charge on any atom is -0.431 e. The molecule has 3 heteroatoms. The van der Waals surface area contributed by atoms with E-state index in [1.54, 1.807) is 18.4 Å². The van der Waals surface area contributed by atoms with Gasteiger partial charge in [-0.25, -0.2) is 4.79 Å². The molecule has 37 heavy (non-hydrogen) atoms. The van der Waals surface area contributed by atoms with Crippen LogP contribution in [0.5, 0.6) is 0 Å². The Morgan fingerprint density at radius 2 is 1.81 bits per heavy atom. The van der Waals surface area contributed by atoms with Gasteiger partial charge in [-0.15, -0.1) is 0 Å². The van der Waals surface area contributed by atoms with E-state index in [-0.39, 0.29) is 5.97 Å². The maximum Gasteiger partial charge on any atom is 0.345 e. The third-order valence-electron chi connectivity index (χ3n) is 12.1. The van der Waals surface area contributed by atoms with Crippen molar-refractivity contribution in [2.45, 2.75) is 111 Å². The van der Waals surface area contributed by atoms with Crippen LogP contribution in [0.15, 0.2) is 36.1 Å². The monoisotopic (exact) mass is 505 g/mol. The number of allylic oxidation sites excluding steroid dienone is 1. The van der Waals surface area contributed by atoms with Gasteiger partial charge in [0.15, 0.2) is 0 Å². The van der Waals surface area contributed by atoms with Crippen LogP contribution in [0.1, 0.15) is 122 Å². The summed E-state index contributed by atoms with van der Waals surface area (Å²) >= 11 is 0. The number of carbonyl (C=O) groups is 1. The first-order chi connectivity index (χ1) is 17.7. The number of nitrogens with two attached hydrogens (primary N) is 1. The Morgan fingerprint density at radius 3 is 2.62 bits per heavy atom. The number of esters is 1. The lowest BCUT2D eigenvalue weighted by atomic mass is 9.44. The Kier molecular flexibility index (Phi) is 7.81. The largest absolute Gasteiger partial charge is 0.431 e. The van der Waals surface area contributed by atoms with Gasteiger partial charge in [0.25, 0.3) is 0 Å². The maximum absolute atomic E-state index is 12.3. The third kappa shape index (κ3) is 5.01. The molecule has 1 aromatic carbocycles. The van der Waals surface area contributed by atoms with Crippen molar-refractivity contribution in [3.8, 4) is 0 Å². The highest BCUT2D eigenvalue weighted by Crippen LogP contribution is 2.68. The number of hydrogen-bond donors (Lipinski definition) is 1. The van der Waals surface area contributed by atoms with Gasteiger partial charge < -0.3 is 10.5 Å². The molecule has 3 nitrogen and oxygen atoms in total. The molecule has 4 aliphatic carbocycles. The molecule has 0 aliphatic heterocycles. The van der Waals surface area contributed by atoms with Crippen molar-refractivity contribution in [1.29, 1.82) is 0 Å². The highest BCUT2D eigenvalue weighted by Gasteiger charge is 2.60. The molecule has 1 unspecified atom stereocenters. The number of para-hydroxylation sites is 1. The molecule has 0 heterocycles. The van der Waals surface area contributed by atoms with Gasteiger partial charge in [0.05, 0.1) is 11.8 Å². The normalized spacial score (nSPS) is 38.3. The SMILES string of the molecule is CC(=COC(=O)c1ccccc1N)CCC[C@@H](C)[C@H]1CC[C@H]2[C@@H]3CCC4CCCC[C@]4(C)[C@H]3CC[C@]12C. The Labute approximate surface area is 226 Å². The lowest BCUT2D eigenvalue weighted by molar-refractivity contribution is -0.114. The molecule has 4 aliphatic rings. The van der Waals surface area contributed by atoms with E-state index in [9.17, 15) is 4.79 Å². The second-order valence-corrected chi connectivity index (χ2v) is 14.0. The van der Waals surface area contributed by atoms with Gasteiger partial charge in [0.2, 0.25) is 0 Å². The first-order valence-corrected chi connectivity index (χ1v) is 15.4. The first-order valence-electron chi connectivity index (χ1n) is 15.4. The van der Waals surface area contributed by atoms with Gasteiger partial charge >= 0.3 is 5.97 Å². The van der Waals surface area contributed by atoms with Crippen molar-refractivity contribution in [2.75, 3.05) is 5.73 Å². The fourth-order valence-electron chi connectivity index (χ4n) is 10.1. The average Bonchev–Trinajstić information content (AvgIpc) is 3.24. The minimum absolute atomic E-state index is 0.373. The fraction of sp³-hybridized carbons (Fsp3) is 0.735. The second-order valence-electron chi connectivity index (χ2n) is 14.0. The van der Waals surface area contributed by atoms with Gasteiger partial charge in [0, 0.05) is 5.69 Å². The van der Waals surface area contributed by atoms with Crippen molar-refractivity contribution >= 4 is 11.7 Å². The summed E-state index contributed by atoms with van der Waals surface area (Å²) in [7, 11) is 0. The van der Waals surface area contributed by atoms with E-state index in [1.165, 1.54) is 70.6 Å². The number of rotatable bonds is 7. The summed E-state index contributed by atoms with van der Waals surface area (Å²) in [5.41, 5.74) is 9.13. The van der Waals surface area contributed by atoms with E-state index in [0.717, 1.165) is 53.9 Å². The number of hydrogen-bond acceptors (Lipinski definition) is 3. The summed E-state index contributed by atoms with van der Waals surface area (Å²) in [6.45, 7) is 9.99. The summed E-state index contributed by atoms with van der Waals surface area (Å²) in [5, 5.41) is 0. The van der Waals surface area contributed by atoms with Crippen LogP contribution >= 0.6 is 0 Å². The topological polar surface area (TPSA) is 52.3 Å². The molecule has 0 saturated heterocycles. The van der Waals surface area contributed by atoms with Crippen LogP contribution in [0.2, 0.25) is 0 Å². The fourth-order valence-corrected chi connectivity index (χ4v) is 10.1. The molecule has 0 amide bonds. The van der Waals surface area contributed by atoms with Gasteiger partial charge in [-0.05, 0) is 135 Å². The molecule has 4 saturated carbocycles. The van der Waals surface area contributed by atoms with Crippen molar-refractivity contribution in [3.05, 3.63) is 41.7 Å². The number of anilines is 1. The zero-order valence-electron chi connectivity index (χ0n) is 23.9. The summed E-state index contributed by atoms with van der Waals surface area (Å²) in [6.07, 6.45) is 19.9. The van der Waals surface area contributed by atoms with Crippen LogP contribution in [0.3, 0.4) is 0 Å². The summed E-state index contributed by atoms with van der Waals surface area (Å²) < 4.78 is 5.43. The number of fused-ring (bicyclic) bond motifs is 5. The average molecular weight is 506 g/mol. The molecular weight excluding hydrogens is 454 g/mol. The third-order valence-corrected chi connectivity index (χ3v) is 12.1. The highest BCUT2D eigenvalue weighted by molar-refractivity contribution is 5.95. The molecule has 0 bridgehead atoms. The van der Waals surface area contributed by atoms with E-state index < -0.39 is 0 Å².